The molecule has 0 aliphatic rings. The van der Waals surface area contributed by atoms with Gasteiger partial charge < -0.3 is 10.2 Å². The summed E-state index contributed by atoms with van der Waals surface area (Å²) in [7, 11) is 0.864. The van der Waals surface area contributed by atoms with Gasteiger partial charge in [0.2, 0.25) is 10.0 Å². The lowest BCUT2D eigenvalue weighted by molar-refractivity contribution is 0.379. The first kappa shape index (κ1) is 17.8. The molecule has 2 N–H and O–H groups in total. The van der Waals surface area contributed by atoms with Crippen molar-refractivity contribution in [2.45, 2.75) is 39.2 Å². The van der Waals surface area contributed by atoms with Crippen LogP contribution in [-0.2, 0) is 10.0 Å². The lowest BCUT2D eigenvalue weighted by atomic mass is 10.2. The highest BCUT2D eigenvalue weighted by molar-refractivity contribution is 7.89. The van der Waals surface area contributed by atoms with Crippen LogP contribution in [0.1, 0.15) is 33.1 Å². The molecule has 0 bridgehead atoms. The normalized spacial score (nSPS) is 14.1. The average molecular weight is 279 g/mol. The Bertz CT molecular complexity index is 292. The van der Waals surface area contributed by atoms with E-state index in [0.29, 0.717) is 6.42 Å². The predicted octanol–water partition coefficient (Wildman–Crippen LogP) is 0.636. The van der Waals surface area contributed by atoms with Crippen LogP contribution in [-0.4, -0.2) is 58.8 Å². The van der Waals surface area contributed by atoms with Crippen molar-refractivity contribution in [3.05, 3.63) is 0 Å². The third-order valence-corrected chi connectivity index (χ3v) is 4.24. The van der Waals surface area contributed by atoms with Crippen LogP contribution < -0.4 is 10.0 Å². The summed E-state index contributed by atoms with van der Waals surface area (Å²) in [6, 6.07) is 0.00571. The van der Waals surface area contributed by atoms with Crippen LogP contribution in [0.15, 0.2) is 0 Å². The summed E-state index contributed by atoms with van der Waals surface area (Å²) in [5.41, 5.74) is 0. The van der Waals surface area contributed by atoms with Crippen molar-refractivity contribution < 1.29 is 8.42 Å². The summed E-state index contributed by atoms with van der Waals surface area (Å²) in [4.78, 5) is 2.06. The summed E-state index contributed by atoms with van der Waals surface area (Å²) in [5.74, 6) is 0.227. The lowest BCUT2D eigenvalue weighted by Crippen LogP contribution is -2.36. The molecule has 5 nitrogen and oxygen atoms in total. The second-order valence-corrected chi connectivity index (χ2v) is 6.86. The zero-order valence-electron chi connectivity index (χ0n) is 12.2. The number of unbranched alkanes of at least 4 members (excludes halogenated alkanes) is 1. The fourth-order valence-corrected chi connectivity index (χ4v) is 3.03. The van der Waals surface area contributed by atoms with E-state index in [9.17, 15) is 8.42 Å². The molecule has 0 aliphatic carbocycles. The fraction of sp³-hybridized carbons (Fsp3) is 1.00. The average Bonchev–Trinajstić information content (AvgIpc) is 2.25. The fourth-order valence-electron chi connectivity index (χ4n) is 1.60. The lowest BCUT2D eigenvalue weighted by Gasteiger charge is -2.16. The van der Waals surface area contributed by atoms with E-state index in [1.807, 2.05) is 27.9 Å². The summed E-state index contributed by atoms with van der Waals surface area (Å²) in [6.45, 7) is 6.68. The highest BCUT2D eigenvalue weighted by atomic mass is 32.2. The first-order valence-corrected chi connectivity index (χ1v) is 8.38. The maximum atomic E-state index is 11.8. The van der Waals surface area contributed by atoms with E-state index in [1.54, 1.807) is 0 Å². The Hall–Kier alpha value is -0.170. The summed E-state index contributed by atoms with van der Waals surface area (Å²) in [6.07, 6.45) is 2.45. The van der Waals surface area contributed by atoms with Gasteiger partial charge in [-0.25, -0.2) is 13.1 Å². The van der Waals surface area contributed by atoms with Crippen LogP contribution in [0.4, 0.5) is 0 Å². The van der Waals surface area contributed by atoms with E-state index in [1.165, 1.54) is 0 Å². The minimum atomic E-state index is -3.11. The molecule has 0 amide bonds. The summed E-state index contributed by atoms with van der Waals surface area (Å²) in [5, 5.41) is 3.19. The van der Waals surface area contributed by atoms with Gasteiger partial charge in [-0.2, -0.15) is 0 Å². The van der Waals surface area contributed by atoms with Crippen molar-refractivity contribution in [2.75, 3.05) is 39.5 Å². The van der Waals surface area contributed by atoms with Crippen molar-refractivity contribution in [1.82, 2.24) is 14.9 Å². The molecule has 0 aromatic rings. The maximum absolute atomic E-state index is 11.8. The Kier molecular flexibility index (Phi) is 9.63. The molecular formula is C12H29N3O2S. The van der Waals surface area contributed by atoms with Crippen LogP contribution >= 0.6 is 0 Å². The Morgan fingerprint density at radius 1 is 1.22 bits per heavy atom. The summed E-state index contributed by atoms with van der Waals surface area (Å²) < 4.78 is 26.3. The number of nitrogens with zero attached hydrogens (tertiary/aromatic N) is 1. The van der Waals surface area contributed by atoms with Gasteiger partial charge in [-0.1, -0.05) is 6.92 Å². The van der Waals surface area contributed by atoms with Crippen LogP contribution in [0, 0.1) is 0 Å². The predicted molar refractivity (Wildman–Crippen MR) is 77.3 cm³/mol. The molecule has 1 unspecified atom stereocenters. The zero-order valence-corrected chi connectivity index (χ0v) is 13.0. The molecule has 0 fully saturated rings. The van der Waals surface area contributed by atoms with Crippen LogP contribution in [0.25, 0.3) is 0 Å². The van der Waals surface area contributed by atoms with Crippen LogP contribution in [0.3, 0.4) is 0 Å². The van der Waals surface area contributed by atoms with E-state index >= 15 is 0 Å². The molecular weight excluding hydrogens is 250 g/mol. The third-order valence-electron chi connectivity index (χ3n) is 2.66. The second kappa shape index (κ2) is 9.72. The molecule has 0 radical (unpaired) electrons. The molecule has 0 saturated heterocycles. The first-order valence-electron chi connectivity index (χ1n) is 6.73. The van der Waals surface area contributed by atoms with Gasteiger partial charge in [-0.05, 0) is 59.9 Å². The molecule has 1 atom stereocenters. The van der Waals surface area contributed by atoms with E-state index in [0.717, 1.165) is 32.5 Å². The smallest absolute Gasteiger partial charge is 0.211 e. The van der Waals surface area contributed by atoms with Crippen molar-refractivity contribution in [1.29, 1.82) is 0 Å². The van der Waals surface area contributed by atoms with Crippen molar-refractivity contribution in [3.8, 4) is 0 Å². The second-order valence-electron chi connectivity index (χ2n) is 4.99. The molecule has 0 aliphatic heterocycles. The van der Waals surface area contributed by atoms with Gasteiger partial charge in [0.25, 0.3) is 0 Å². The highest BCUT2D eigenvalue weighted by Crippen LogP contribution is 1.99. The molecule has 18 heavy (non-hydrogen) atoms. The van der Waals surface area contributed by atoms with Gasteiger partial charge >= 0.3 is 0 Å². The molecule has 6 heteroatoms. The van der Waals surface area contributed by atoms with E-state index in [4.69, 9.17) is 0 Å². The molecule has 0 saturated carbocycles. The number of hydrogen-bond donors (Lipinski definition) is 2. The van der Waals surface area contributed by atoms with Crippen molar-refractivity contribution in [3.63, 3.8) is 0 Å². The zero-order chi connectivity index (χ0) is 14.0. The molecule has 0 spiro atoms. The largest absolute Gasteiger partial charge is 0.317 e. The van der Waals surface area contributed by atoms with E-state index in [2.05, 4.69) is 14.9 Å². The quantitative estimate of drug-likeness (QED) is 0.545. The minimum absolute atomic E-state index is 0.00571. The third kappa shape index (κ3) is 11.0. The van der Waals surface area contributed by atoms with Gasteiger partial charge in [0.05, 0.1) is 5.75 Å². The molecule has 0 heterocycles. The van der Waals surface area contributed by atoms with Gasteiger partial charge in [0, 0.05) is 6.04 Å². The molecule has 0 aromatic carbocycles. The Balaban J connectivity index is 3.78. The van der Waals surface area contributed by atoms with E-state index < -0.39 is 10.0 Å². The maximum Gasteiger partial charge on any atom is 0.211 e. The minimum Gasteiger partial charge on any atom is -0.317 e. The molecule has 0 aromatic heterocycles. The first-order chi connectivity index (χ1) is 8.37. The Morgan fingerprint density at radius 3 is 2.44 bits per heavy atom. The molecule has 0 rings (SSSR count). The van der Waals surface area contributed by atoms with Crippen molar-refractivity contribution >= 4 is 10.0 Å². The number of rotatable bonds is 11. The van der Waals surface area contributed by atoms with Crippen LogP contribution in [0.5, 0.6) is 0 Å². The number of sulfonamides is 1. The monoisotopic (exact) mass is 279 g/mol. The van der Waals surface area contributed by atoms with Gasteiger partial charge in [0.15, 0.2) is 0 Å². The van der Waals surface area contributed by atoms with Crippen LogP contribution in [0.2, 0.25) is 0 Å². The Morgan fingerprint density at radius 2 is 1.89 bits per heavy atom. The number of hydrogen-bond acceptors (Lipinski definition) is 4. The van der Waals surface area contributed by atoms with Gasteiger partial charge in [0.1, 0.15) is 0 Å². The highest BCUT2D eigenvalue weighted by Gasteiger charge is 2.13. The van der Waals surface area contributed by atoms with Gasteiger partial charge in [-0.15, -0.1) is 0 Å². The summed E-state index contributed by atoms with van der Waals surface area (Å²) >= 11 is 0. The topological polar surface area (TPSA) is 61.4 Å². The number of nitrogens with one attached hydrogen (secondary N) is 2. The SMILES string of the molecule is CCNCCCCS(=O)(=O)NC(C)CCN(C)C. The Labute approximate surface area is 112 Å². The van der Waals surface area contributed by atoms with Gasteiger partial charge in [-0.3, -0.25) is 0 Å². The molecule has 110 valence electrons. The van der Waals surface area contributed by atoms with Crippen molar-refractivity contribution in [2.24, 2.45) is 0 Å². The van der Waals surface area contributed by atoms with E-state index in [-0.39, 0.29) is 11.8 Å². The standard InChI is InChI=1S/C12H29N3O2S/c1-5-13-9-6-7-11-18(16,17)14-12(2)8-10-15(3)4/h12-14H,5-11H2,1-4H3.